The maximum absolute atomic E-state index is 10.6. The quantitative estimate of drug-likeness (QED) is 0.830. The molecule has 0 spiro atoms. The van der Waals surface area contributed by atoms with E-state index < -0.39 is 22.0 Å². The van der Waals surface area contributed by atoms with Crippen molar-refractivity contribution in [2.45, 2.75) is 26.9 Å². The SMILES string of the molecule is CCN(CC)CC.O=S(=O)(O)CC1COc2cscc2O1. The monoisotopic (exact) mass is 337 g/mol. The first-order chi connectivity index (χ1) is 9.89. The van der Waals surface area contributed by atoms with Gasteiger partial charge in [-0.15, -0.1) is 11.3 Å². The fourth-order valence-electron chi connectivity index (χ4n) is 1.85. The Labute approximate surface area is 130 Å². The van der Waals surface area contributed by atoms with E-state index in [4.69, 9.17) is 14.0 Å². The Morgan fingerprint density at radius 1 is 1.24 bits per heavy atom. The van der Waals surface area contributed by atoms with Crippen LogP contribution < -0.4 is 9.47 Å². The van der Waals surface area contributed by atoms with Crippen LogP contribution in [0, 0.1) is 0 Å². The number of hydrogen-bond acceptors (Lipinski definition) is 6. The van der Waals surface area contributed by atoms with E-state index in [1.165, 1.54) is 31.0 Å². The summed E-state index contributed by atoms with van der Waals surface area (Å²) in [7, 11) is -4.01. The molecule has 1 atom stereocenters. The highest BCUT2D eigenvalue weighted by atomic mass is 32.2. The minimum Gasteiger partial charge on any atom is -0.485 e. The summed E-state index contributed by atoms with van der Waals surface area (Å²) in [5.74, 6) is 0.721. The zero-order valence-corrected chi connectivity index (χ0v) is 14.2. The van der Waals surface area contributed by atoms with Crippen LogP contribution in [0.15, 0.2) is 10.8 Å². The zero-order chi connectivity index (χ0) is 15.9. The Morgan fingerprint density at radius 2 is 1.81 bits per heavy atom. The minimum atomic E-state index is -4.01. The number of hydrogen-bond donors (Lipinski definition) is 1. The number of fused-ring (bicyclic) bond motifs is 1. The fraction of sp³-hybridized carbons (Fsp3) is 0.692. The third kappa shape index (κ3) is 6.64. The van der Waals surface area contributed by atoms with Gasteiger partial charge >= 0.3 is 0 Å². The van der Waals surface area contributed by atoms with Crippen LogP contribution in [-0.2, 0) is 10.1 Å². The van der Waals surface area contributed by atoms with Crippen molar-refractivity contribution in [2.24, 2.45) is 0 Å². The summed E-state index contributed by atoms with van der Waals surface area (Å²) in [5, 5.41) is 3.50. The van der Waals surface area contributed by atoms with E-state index in [9.17, 15) is 8.42 Å². The molecule has 1 aliphatic heterocycles. The highest BCUT2D eigenvalue weighted by molar-refractivity contribution is 7.85. The van der Waals surface area contributed by atoms with Crippen LogP contribution in [0.2, 0.25) is 0 Å². The van der Waals surface area contributed by atoms with E-state index in [0.29, 0.717) is 11.5 Å². The highest BCUT2D eigenvalue weighted by Gasteiger charge is 2.25. The molecule has 0 bridgehead atoms. The summed E-state index contributed by atoms with van der Waals surface area (Å²) < 4.78 is 40.3. The lowest BCUT2D eigenvalue weighted by atomic mass is 10.4. The molecule has 1 aliphatic rings. The van der Waals surface area contributed by atoms with Gasteiger partial charge in [-0.05, 0) is 19.6 Å². The Morgan fingerprint density at radius 3 is 2.29 bits per heavy atom. The summed E-state index contributed by atoms with van der Waals surface area (Å²) in [5.41, 5.74) is 0. The Kier molecular flexibility index (Phi) is 7.44. The molecule has 0 fully saturated rings. The lowest BCUT2D eigenvalue weighted by molar-refractivity contribution is 0.106. The maximum Gasteiger partial charge on any atom is 0.268 e. The number of nitrogens with zero attached hydrogens (tertiary/aromatic N) is 1. The molecule has 0 saturated carbocycles. The van der Waals surface area contributed by atoms with Crippen LogP contribution in [0.3, 0.4) is 0 Å². The third-order valence-corrected chi connectivity index (χ3v) is 4.54. The van der Waals surface area contributed by atoms with Crippen LogP contribution in [-0.4, -0.2) is 56.0 Å². The average Bonchev–Trinajstić information content (AvgIpc) is 2.87. The summed E-state index contributed by atoms with van der Waals surface area (Å²) >= 11 is 1.41. The van der Waals surface area contributed by atoms with Crippen LogP contribution >= 0.6 is 11.3 Å². The molecule has 8 heteroatoms. The molecule has 1 unspecified atom stereocenters. The van der Waals surface area contributed by atoms with E-state index in [0.717, 1.165) is 0 Å². The van der Waals surface area contributed by atoms with Crippen LogP contribution in [0.4, 0.5) is 0 Å². The van der Waals surface area contributed by atoms with Gasteiger partial charge in [0.2, 0.25) is 0 Å². The molecule has 0 amide bonds. The van der Waals surface area contributed by atoms with Crippen LogP contribution in [0.5, 0.6) is 11.5 Å². The van der Waals surface area contributed by atoms with E-state index in [2.05, 4.69) is 25.7 Å². The van der Waals surface area contributed by atoms with Crippen molar-refractivity contribution in [1.29, 1.82) is 0 Å². The molecule has 2 rings (SSSR count). The van der Waals surface area contributed by atoms with Gasteiger partial charge in [-0.25, -0.2) is 0 Å². The second-order valence-electron chi connectivity index (χ2n) is 4.52. The first kappa shape index (κ1) is 18.2. The molecule has 1 N–H and O–H groups in total. The lowest BCUT2D eigenvalue weighted by Crippen LogP contribution is -2.34. The topological polar surface area (TPSA) is 76.1 Å². The first-order valence-corrected chi connectivity index (χ1v) is 9.47. The molecular weight excluding hydrogens is 314 g/mol. The largest absolute Gasteiger partial charge is 0.485 e. The summed E-state index contributed by atoms with van der Waals surface area (Å²) in [6, 6.07) is 0. The van der Waals surface area contributed by atoms with Crippen molar-refractivity contribution in [2.75, 3.05) is 32.0 Å². The van der Waals surface area contributed by atoms with Gasteiger partial charge in [0.25, 0.3) is 10.1 Å². The number of ether oxygens (including phenoxy) is 2. The van der Waals surface area contributed by atoms with Crippen molar-refractivity contribution in [1.82, 2.24) is 4.90 Å². The zero-order valence-electron chi connectivity index (χ0n) is 12.6. The standard InChI is InChI=1S/C7H8O5S2.C6H15N/c8-14(9,10)4-5-1-11-6-2-13-3-7(6)12-5;1-4-7(5-2)6-3/h2-3,5H,1,4H2,(H,8,9,10);4-6H2,1-3H3. The molecule has 1 aromatic heterocycles. The van der Waals surface area contributed by atoms with Crippen LogP contribution in [0.25, 0.3) is 0 Å². The van der Waals surface area contributed by atoms with Crippen molar-refractivity contribution < 1.29 is 22.4 Å². The molecule has 122 valence electrons. The molecule has 2 heterocycles. The van der Waals surface area contributed by atoms with Crippen molar-refractivity contribution in [3.8, 4) is 11.5 Å². The molecular formula is C13H23NO5S2. The summed E-state index contributed by atoms with van der Waals surface area (Å²) in [4.78, 5) is 2.38. The number of rotatable bonds is 5. The van der Waals surface area contributed by atoms with Gasteiger partial charge in [0.15, 0.2) is 11.5 Å². The lowest BCUT2D eigenvalue weighted by Gasteiger charge is -2.23. The van der Waals surface area contributed by atoms with Crippen molar-refractivity contribution >= 4 is 21.5 Å². The first-order valence-electron chi connectivity index (χ1n) is 6.92. The average molecular weight is 337 g/mol. The minimum absolute atomic E-state index is 0.142. The Balaban J connectivity index is 0.000000270. The molecule has 1 aromatic rings. The number of thiophene rings is 1. The molecule has 0 radical (unpaired) electrons. The molecule has 0 saturated heterocycles. The van der Waals surface area contributed by atoms with Gasteiger partial charge in [0, 0.05) is 10.8 Å². The predicted molar refractivity (Wildman–Crippen MR) is 84.1 cm³/mol. The van der Waals surface area contributed by atoms with Gasteiger partial charge in [-0.1, -0.05) is 20.8 Å². The second-order valence-corrected chi connectivity index (χ2v) is 6.76. The van der Waals surface area contributed by atoms with Crippen LogP contribution in [0.1, 0.15) is 20.8 Å². The predicted octanol–water partition coefficient (Wildman–Crippen LogP) is 2.12. The van der Waals surface area contributed by atoms with Crippen molar-refractivity contribution in [3.63, 3.8) is 0 Å². The maximum atomic E-state index is 10.6. The van der Waals surface area contributed by atoms with E-state index in [1.54, 1.807) is 10.8 Å². The van der Waals surface area contributed by atoms with Gasteiger partial charge < -0.3 is 14.4 Å². The normalized spacial score (nSPS) is 17.3. The van der Waals surface area contributed by atoms with Crippen molar-refractivity contribution in [3.05, 3.63) is 10.8 Å². The molecule has 21 heavy (non-hydrogen) atoms. The highest BCUT2D eigenvalue weighted by Crippen LogP contribution is 2.35. The Hall–Kier alpha value is -0.830. The van der Waals surface area contributed by atoms with Gasteiger partial charge in [-0.3, -0.25) is 4.55 Å². The smallest absolute Gasteiger partial charge is 0.268 e. The van der Waals surface area contributed by atoms with E-state index >= 15 is 0 Å². The molecule has 0 aliphatic carbocycles. The summed E-state index contributed by atoms with van der Waals surface area (Å²) in [6.07, 6.45) is -0.632. The van der Waals surface area contributed by atoms with Gasteiger partial charge in [0.1, 0.15) is 18.5 Å². The van der Waals surface area contributed by atoms with Gasteiger partial charge in [-0.2, -0.15) is 8.42 Å². The molecule has 6 nitrogen and oxygen atoms in total. The molecule has 0 aromatic carbocycles. The van der Waals surface area contributed by atoms with E-state index in [-0.39, 0.29) is 6.61 Å². The fourth-order valence-corrected chi connectivity index (χ4v) is 3.15. The Bertz CT molecular complexity index is 505. The summed E-state index contributed by atoms with van der Waals surface area (Å²) in [6.45, 7) is 10.3. The van der Waals surface area contributed by atoms with E-state index in [1.807, 2.05) is 0 Å². The van der Waals surface area contributed by atoms with Gasteiger partial charge in [0.05, 0.1) is 0 Å². The third-order valence-electron chi connectivity index (χ3n) is 3.05. The second kappa shape index (κ2) is 8.57.